The van der Waals surface area contributed by atoms with Gasteiger partial charge in [0.2, 0.25) is 0 Å². The highest BCUT2D eigenvalue weighted by molar-refractivity contribution is 9.10. The summed E-state index contributed by atoms with van der Waals surface area (Å²) >= 11 is 3.33. The largest absolute Gasteiger partial charge is 0.298 e. The van der Waals surface area contributed by atoms with E-state index in [0.29, 0.717) is 5.92 Å². The van der Waals surface area contributed by atoms with Gasteiger partial charge in [-0.1, -0.05) is 35.8 Å². The molecule has 0 bridgehead atoms. The fourth-order valence-corrected chi connectivity index (χ4v) is 1.55. The Morgan fingerprint density at radius 3 is 2.58 bits per heavy atom. The van der Waals surface area contributed by atoms with Crippen molar-refractivity contribution in [3.05, 3.63) is 33.8 Å². The van der Waals surface area contributed by atoms with Gasteiger partial charge < -0.3 is 0 Å². The molecular formula is C10H11BrO. The van der Waals surface area contributed by atoms with Crippen molar-refractivity contribution in [2.45, 2.75) is 19.8 Å². The Morgan fingerprint density at radius 2 is 2.08 bits per heavy atom. The van der Waals surface area contributed by atoms with Gasteiger partial charge >= 0.3 is 0 Å². The molecule has 1 nitrogen and oxygen atoms in total. The molecule has 1 aromatic rings. The van der Waals surface area contributed by atoms with Crippen LogP contribution in [-0.2, 0) is 0 Å². The normalized spacial score (nSPS) is 10.3. The van der Waals surface area contributed by atoms with Crippen molar-refractivity contribution in [1.29, 1.82) is 0 Å². The standard InChI is InChI=1S/C10H11BrO/c1-7(2)10-4-3-9(11)5-8(10)6-12/h3-7H,1-2H3. The number of carbonyl (C=O) groups is 1. The maximum absolute atomic E-state index is 10.7. The van der Waals surface area contributed by atoms with Crippen LogP contribution in [0.1, 0.15) is 35.7 Å². The summed E-state index contributed by atoms with van der Waals surface area (Å²) in [6, 6.07) is 5.79. The Morgan fingerprint density at radius 1 is 1.42 bits per heavy atom. The van der Waals surface area contributed by atoms with E-state index in [2.05, 4.69) is 29.8 Å². The fraction of sp³-hybridized carbons (Fsp3) is 0.300. The van der Waals surface area contributed by atoms with Crippen molar-refractivity contribution in [2.24, 2.45) is 0 Å². The molecule has 0 aliphatic carbocycles. The first-order chi connectivity index (χ1) is 5.65. The number of hydrogen-bond donors (Lipinski definition) is 0. The zero-order chi connectivity index (χ0) is 9.14. The van der Waals surface area contributed by atoms with Gasteiger partial charge in [-0.3, -0.25) is 4.79 Å². The number of rotatable bonds is 2. The molecule has 0 spiro atoms. The summed E-state index contributed by atoms with van der Waals surface area (Å²) in [7, 11) is 0. The van der Waals surface area contributed by atoms with Crippen molar-refractivity contribution in [3.8, 4) is 0 Å². The molecule has 1 rings (SSSR count). The smallest absolute Gasteiger partial charge is 0.150 e. The minimum Gasteiger partial charge on any atom is -0.298 e. The predicted octanol–water partition coefficient (Wildman–Crippen LogP) is 3.39. The predicted molar refractivity (Wildman–Crippen MR) is 53.6 cm³/mol. The first kappa shape index (κ1) is 9.46. The van der Waals surface area contributed by atoms with E-state index in [-0.39, 0.29) is 0 Å². The first-order valence-electron chi connectivity index (χ1n) is 3.89. The first-order valence-corrected chi connectivity index (χ1v) is 4.69. The van der Waals surface area contributed by atoms with Gasteiger partial charge in [0.1, 0.15) is 6.29 Å². The molecule has 0 atom stereocenters. The SMILES string of the molecule is CC(C)c1ccc(Br)cc1C=O. The Bertz CT molecular complexity index is 292. The van der Waals surface area contributed by atoms with Gasteiger partial charge in [0.25, 0.3) is 0 Å². The van der Waals surface area contributed by atoms with Gasteiger partial charge in [-0.15, -0.1) is 0 Å². The monoisotopic (exact) mass is 226 g/mol. The summed E-state index contributed by atoms with van der Waals surface area (Å²) < 4.78 is 0.953. The number of benzene rings is 1. The van der Waals surface area contributed by atoms with Crippen molar-refractivity contribution in [2.75, 3.05) is 0 Å². The molecule has 0 amide bonds. The molecule has 0 saturated carbocycles. The highest BCUT2D eigenvalue weighted by Gasteiger charge is 2.05. The molecule has 0 aromatic heterocycles. The molecule has 0 aliphatic rings. The van der Waals surface area contributed by atoms with Crippen LogP contribution in [0.3, 0.4) is 0 Å². The molecule has 1 aromatic carbocycles. The molecule has 0 aliphatic heterocycles. The van der Waals surface area contributed by atoms with Gasteiger partial charge in [0.05, 0.1) is 0 Å². The lowest BCUT2D eigenvalue weighted by Crippen LogP contribution is -1.94. The highest BCUT2D eigenvalue weighted by Crippen LogP contribution is 2.21. The second kappa shape index (κ2) is 3.85. The van der Waals surface area contributed by atoms with Crippen LogP contribution in [0, 0.1) is 0 Å². The average Bonchev–Trinajstić information content (AvgIpc) is 2.03. The Labute approximate surface area is 80.9 Å². The lowest BCUT2D eigenvalue weighted by molar-refractivity contribution is 0.112. The number of carbonyl (C=O) groups excluding carboxylic acids is 1. The van der Waals surface area contributed by atoms with Crippen LogP contribution in [0.25, 0.3) is 0 Å². The van der Waals surface area contributed by atoms with Crippen LogP contribution in [0.5, 0.6) is 0 Å². The van der Waals surface area contributed by atoms with Crippen LogP contribution in [0.15, 0.2) is 22.7 Å². The second-order valence-corrected chi connectivity index (χ2v) is 3.96. The second-order valence-electron chi connectivity index (χ2n) is 3.05. The number of aldehydes is 1. The van der Waals surface area contributed by atoms with E-state index in [1.54, 1.807) is 0 Å². The van der Waals surface area contributed by atoms with Crippen LogP contribution < -0.4 is 0 Å². The lowest BCUT2D eigenvalue weighted by atomic mass is 9.98. The molecule has 0 heterocycles. The molecule has 0 fully saturated rings. The quantitative estimate of drug-likeness (QED) is 0.707. The van der Waals surface area contributed by atoms with Gasteiger partial charge in [-0.2, -0.15) is 0 Å². The number of hydrogen-bond acceptors (Lipinski definition) is 1. The third kappa shape index (κ3) is 1.95. The zero-order valence-electron chi connectivity index (χ0n) is 7.17. The zero-order valence-corrected chi connectivity index (χ0v) is 8.76. The summed E-state index contributed by atoms with van der Waals surface area (Å²) in [5.74, 6) is 0.401. The molecule has 2 heteroatoms. The average molecular weight is 227 g/mol. The molecule has 64 valence electrons. The molecule has 0 saturated heterocycles. The van der Waals surface area contributed by atoms with Crippen molar-refractivity contribution >= 4 is 22.2 Å². The van der Waals surface area contributed by atoms with E-state index in [0.717, 1.165) is 21.9 Å². The molecular weight excluding hydrogens is 216 g/mol. The van der Waals surface area contributed by atoms with E-state index >= 15 is 0 Å². The summed E-state index contributed by atoms with van der Waals surface area (Å²) in [6.45, 7) is 4.16. The van der Waals surface area contributed by atoms with E-state index in [9.17, 15) is 4.79 Å². The third-order valence-electron chi connectivity index (χ3n) is 1.80. The Balaban J connectivity index is 3.20. The summed E-state index contributed by atoms with van der Waals surface area (Å²) in [6.07, 6.45) is 0.903. The van der Waals surface area contributed by atoms with Crippen LogP contribution >= 0.6 is 15.9 Å². The van der Waals surface area contributed by atoms with Crippen LogP contribution in [0.4, 0.5) is 0 Å². The third-order valence-corrected chi connectivity index (χ3v) is 2.29. The lowest BCUT2D eigenvalue weighted by Gasteiger charge is -2.07. The maximum atomic E-state index is 10.7. The summed E-state index contributed by atoms with van der Waals surface area (Å²) in [5.41, 5.74) is 1.88. The summed E-state index contributed by atoms with van der Waals surface area (Å²) in [4.78, 5) is 10.7. The Hall–Kier alpha value is -0.630. The van der Waals surface area contributed by atoms with Gasteiger partial charge in [-0.25, -0.2) is 0 Å². The molecule has 0 radical (unpaired) electrons. The van der Waals surface area contributed by atoms with Gasteiger partial charge in [-0.05, 0) is 23.6 Å². The molecule has 0 N–H and O–H groups in total. The van der Waals surface area contributed by atoms with Crippen molar-refractivity contribution in [3.63, 3.8) is 0 Å². The molecule has 12 heavy (non-hydrogen) atoms. The number of halogens is 1. The van der Waals surface area contributed by atoms with Crippen LogP contribution in [0.2, 0.25) is 0 Å². The molecule has 0 unspecified atom stereocenters. The highest BCUT2D eigenvalue weighted by atomic mass is 79.9. The van der Waals surface area contributed by atoms with E-state index in [1.807, 2.05) is 18.2 Å². The van der Waals surface area contributed by atoms with E-state index < -0.39 is 0 Å². The minimum absolute atomic E-state index is 0.401. The van der Waals surface area contributed by atoms with Crippen LogP contribution in [-0.4, -0.2) is 6.29 Å². The topological polar surface area (TPSA) is 17.1 Å². The van der Waals surface area contributed by atoms with Gasteiger partial charge in [0.15, 0.2) is 0 Å². The fourth-order valence-electron chi connectivity index (χ4n) is 1.17. The maximum Gasteiger partial charge on any atom is 0.150 e. The summed E-state index contributed by atoms with van der Waals surface area (Å²) in [5, 5.41) is 0. The minimum atomic E-state index is 0.401. The van der Waals surface area contributed by atoms with E-state index in [4.69, 9.17) is 0 Å². The van der Waals surface area contributed by atoms with E-state index in [1.165, 1.54) is 0 Å². The Kier molecular flexibility index (Phi) is 3.04. The van der Waals surface area contributed by atoms with Gasteiger partial charge in [0, 0.05) is 10.0 Å². The van der Waals surface area contributed by atoms with Crippen molar-refractivity contribution < 1.29 is 4.79 Å². The van der Waals surface area contributed by atoms with Crippen molar-refractivity contribution in [1.82, 2.24) is 0 Å².